The zero-order valence-corrected chi connectivity index (χ0v) is 16.0. The molecule has 0 bridgehead atoms. The van der Waals surface area contributed by atoms with E-state index >= 15 is 0 Å². The third-order valence-electron chi connectivity index (χ3n) is 2.81. The lowest BCUT2D eigenvalue weighted by Gasteiger charge is -2.11. The van der Waals surface area contributed by atoms with Crippen LogP contribution in [-0.2, 0) is 9.53 Å². The zero-order valence-electron chi connectivity index (χ0n) is 13.8. The molecule has 0 aliphatic rings. The molecule has 6 nitrogen and oxygen atoms in total. The number of aliphatic imine (C=N–C) groups is 1. The van der Waals surface area contributed by atoms with Crippen LogP contribution in [0.25, 0.3) is 0 Å². The molecule has 1 aromatic rings. The van der Waals surface area contributed by atoms with Crippen LogP contribution in [0.2, 0.25) is 15.1 Å². The van der Waals surface area contributed by atoms with Crippen LogP contribution < -0.4 is 5.32 Å². The number of esters is 1. The number of nitriles is 1. The molecule has 1 N–H and O–H groups in total. The zero-order chi connectivity index (χ0) is 19.1. The molecule has 1 unspecified atom stereocenters. The van der Waals surface area contributed by atoms with E-state index in [1.807, 2.05) is 0 Å². The molecule has 1 amide bonds. The van der Waals surface area contributed by atoms with Gasteiger partial charge in [0.15, 0.2) is 5.92 Å². The maximum absolute atomic E-state index is 12.1. The van der Waals surface area contributed by atoms with Gasteiger partial charge in [-0.25, -0.2) is 0 Å². The van der Waals surface area contributed by atoms with E-state index in [1.165, 1.54) is 6.07 Å². The van der Waals surface area contributed by atoms with Crippen molar-refractivity contribution in [3.8, 4) is 6.07 Å². The molecular weight excluding hydrogens is 389 g/mol. The van der Waals surface area contributed by atoms with Gasteiger partial charge >= 0.3 is 5.97 Å². The lowest BCUT2D eigenvalue weighted by Crippen LogP contribution is -2.23. The summed E-state index contributed by atoms with van der Waals surface area (Å²) in [5.41, 5.74) is 0.0815. The number of carbonyl (C=O) groups excluding carboxylic acids is 2. The maximum Gasteiger partial charge on any atom is 0.329 e. The third kappa shape index (κ3) is 5.60. The van der Waals surface area contributed by atoms with E-state index in [0.29, 0.717) is 6.54 Å². The molecule has 0 aliphatic heterocycles. The first-order chi connectivity index (χ1) is 11.7. The smallest absolute Gasteiger partial charge is 0.329 e. The fourth-order valence-corrected chi connectivity index (χ4v) is 2.50. The number of hydrogen-bond donors (Lipinski definition) is 1. The summed E-state index contributed by atoms with van der Waals surface area (Å²) < 4.78 is 4.96. The minimum atomic E-state index is -1.22. The van der Waals surface area contributed by atoms with E-state index in [1.54, 1.807) is 26.8 Å². The minimum Gasteiger partial charge on any atom is -0.462 e. The van der Waals surface area contributed by atoms with Crippen molar-refractivity contribution in [2.24, 2.45) is 10.9 Å². The Bertz CT molecular complexity index is 742. The van der Waals surface area contributed by atoms with Gasteiger partial charge in [0, 0.05) is 12.8 Å². The van der Waals surface area contributed by atoms with Gasteiger partial charge in [-0.15, -0.1) is 0 Å². The van der Waals surface area contributed by atoms with E-state index < -0.39 is 17.8 Å². The Hall–Kier alpha value is -1.81. The first kappa shape index (κ1) is 21.2. The van der Waals surface area contributed by atoms with E-state index in [2.05, 4.69) is 10.3 Å². The van der Waals surface area contributed by atoms with Crippen LogP contribution in [0.4, 0.5) is 5.69 Å². The van der Waals surface area contributed by atoms with E-state index in [4.69, 9.17) is 44.8 Å². The predicted octanol–water partition coefficient (Wildman–Crippen LogP) is 4.19. The van der Waals surface area contributed by atoms with Crippen LogP contribution in [0, 0.1) is 17.2 Å². The number of benzene rings is 1. The predicted molar refractivity (Wildman–Crippen MR) is 98.0 cm³/mol. The summed E-state index contributed by atoms with van der Waals surface area (Å²) in [5, 5.41) is 11.7. The summed E-state index contributed by atoms with van der Waals surface area (Å²) in [6.07, 6.45) is 0.715. The average molecular weight is 405 g/mol. The molecule has 0 fully saturated rings. The van der Waals surface area contributed by atoms with E-state index in [0.717, 1.165) is 6.21 Å². The number of amides is 1. The SMILES string of the molecule is CCNC(=O)c1c(Cl)c(Cl)cc(N=CC(C#N)C(=O)OC(C)C)c1Cl. The number of carbonyl (C=O) groups is 2. The number of nitrogens with one attached hydrogen (secondary N) is 1. The van der Waals surface area contributed by atoms with Gasteiger partial charge in [-0.2, -0.15) is 5.26 Å². The number of ether oxygens (including phenoxy) is 1. The Morgan fingerprint density at radius 1 is 1.36 bits per heavy atom. The molecule has 0 aromatic heterocycles. The van der Waals surface area contributed by atoms with Crippen molar-refractivity contribution >= 4 is 58.6 Å². The summed E-state index contributed by atoms with van der Waals surface area (Å²) in [6.45, 7) is 5.44. The highest BCUT2D eigenvalue weighted by atomic mass is 35.5. The Morgan fingerprint density at radius 3 is 2.52 bits per heavy atom. The molecule has 1 atom stereocenters. The highest BCUT2D eigenvalue weighted by molar-refractivity contribution is 6.47. The fraction of sp³-hybridized carbons (Fsp3) is 0.375. The lowest BCUT2D eigenvalue weighted by molar-refractivity contribution is -0.148. The maximum atomic E-state index is 12.1. The van der Waals surface area contributed by atoms with E-state index in [9.17, 15) is 9.59 Å². The molecule has 1 rings (SSSR count). The average Bonchev–Trinajstić information content (AvgIpc) is 2.52. The Kier molecular flexibility index (Phi) is 8.17. The van der Waals surface area contributed by atoms with Crippen molar-refractivity contribution in [2.75, 3.05) is 6.54 Å². The van der Waals surface area contributed by atoms with Crippen molar-refractivity contribution in [3.05, 3.63) is 26.7 Å². The van der Waals surface area contributed by atoms with Crippen LogP contribution in [0.1, 0.15) is 31.1 Å². The standard InChI is InChI=1S/C16H16Cl3N3O3/c1-4-21-15(23)12-13(18)10(17)5-11(14(12)19)22-7-9(6-20)16(24)25-8(2)3/h5,7-9H,4H2,1-3H3,(H,21,23). The molecule has 1 aromatic carbocycles. The van der Waals surface area contributed by atoms with Crippen LogP contribution in [0.5, 0.6) is 0 Å². The fourth-order valence-electron chi connectivity index (χ4n) is 1.74. The van der Waals surface area contributed by atoms with Gasteiger partial charge in [0.25, 0.3) is 5.91 Å². The second kappa shape index (κ2) is 9.62. The Balaban J connectivity index is 3.24. The molecule has 9 heteroatoms. The molecule has 134 valence electrons. The van der Waals surface area contributed by atoms with Gasteiger partial charge in [0.05, 0.1) is 38.5 Å². The quantitative estimate of drug-likeness (QED) is 0.437. The second-order valence-corrected chi connectivity index (χ2v) is 6.27. The van der Waals surface area contributed by atoms with Crippen molar-refractivity contribution in [1.29, 1.82) is 5.26 Å². The molecule has 0 spiro atoms. The van der Waals surface area contributed by atoms with Gasteiger partial charge < -0.3 is 10.1 Å². The summed E-state index contributed by atoms with van der Waals surface area (Å²) >= 11 is 18.2. The van der Waals surface area contributed by atoms with Gasteiger partial charge in [0.1, 0.15) is 0 Å². The number of nitrogens with zero attached hydrogens (tertiary/aromatic N) is 2. The summed E-state index contributed by atoms with van der Waals surface area (Å²) in [6, 6.07) is 3.12. The molecular formula is C16H16Cl3N3O3. The van der Waals surface area contributed by atoms with Crippen LogP contribution in [0.15, 0.2) is 11.1 Å². The largest absolute Gasteiger partial charge is 0.462 e. The molecule has 0 heterocycles. The number of halogens is 3. The van der Waals surface area contributed by atoms with Gasteiger partial charge in [-0.3, -0.25) is 14.6 Å². The van der Waals surface area contributed by atoms with Crippen molar-refractivity contribution in [3.63, 3.8) is 0 Å². The lowest BCUT2D eigenvalue weighted by atomic mass is 10.1. The Labute approximate surface area is 160 Å². The van der Waals surface area contributed by atoms with Crippen molar-refractivity contribution in [1.82, 2.24) is 5.32 Å². The summed E-state index contributed by atoms with van der Waals surface area (Å²) in [4.78, 5) is 27.9. The topological polar surface area (TPSA) is 91.5 Å². The molecule has 0 saturated carbocycles. The molecule has 0 aliphatic carbocycles. The monoisotopic (exact) mass is 403 g/mol. The van der Waals surface area contributed by atoms with Gasteiger partial charge in [-0.1, -0.05) is 34.8 Å². The highest BCUT2D eigenvalue weighted by Gasteiger charge is 2.22. The molecule has 0 saturated heterocycles. The van der Waals surface area contributed by atoms with Gasteiger partial charge in [-0.05, 0) is 26.8 Å². The Morgan fingerprint density at radius 2 is 2.00 bits per heavy atom. The number of hydrogen-bond acceptors (Lipinski definition) is 5. The van der Waals surface area contributed by atoms with Gasteiger partial charge in [0.2, 0.25) is 0 Å². The second-order valence-electron chi connectivity index (χ2n) is 5.11. The van der Waals surface area contributed by atoms with Crippen molar-refractivity contribution in [2.45, 2.75) is 26.9 Å². The van der Waals surface area contributed by atoms with Crippen molar-refractivity contribution < 1.29 is 14.3 Å². The first-order valence-electron chi connectivity index (χ1n) is 7.32. The molecule has 25 heavy (non-hydrogen) atoms. The summed E-state index contributed by atoms with van der Waals surface area (Å²) in [5.74, 6) is -2.46. The van der Waals surface area contributed by atoms with Crippen LogP contribution in [0.3, 0.4) is 0 Å². The van der Waals surface area contributed by atoms with Crippen LogP contribution in [-0.4, -0.2) is 30.7 Å². The van der Waals surface area contributed by atoms with Crippen LogP contribution >= 0.6 is 34.8 Å². The normalized spacial score (nSPS) is 12.1. The molecule has 0 radical (unpaired) electrons. The number of rotatable bonds is 6. The summed E-state index contributed by atoms with van der Waals surface area (Å²) in [7, 11) is 0. The highest BCUT2D eigenvalue weighted by Crippen LogP contribution is 2.38. The minimum absolute atomic E-state index is 0.00684. The van der Waals surface area contributed by atoms with E-state index in [-0.39, 0.29) is 32.4 Å². The first-order valence-corrected chi connectivity index (χ1v) is 8.46. The third-order valence-corrected chi connectivity index (χ3v) is 3.98.